The Morgan fingerprint density at radius 3 is 2.30 bits per heavy atom. The molecular weight excluding hydrogens is 310 g/mol. The van der Waals surface area contributed by atoms with E-state index in [2.05, 4.69) is 0 Å². The average Bonchev–Trinajstić information content (AvgIpc) is 2.55. The van der Waals surface area contributed by atoms with Gasteiger partial charge >= 0.3 is 0 Å². The van der Waals surface area contributed by atoms with Gasteiger partial charge in [-0.1, -0.05) is 54.1 Å². The summed E-state index contributed by atoms with van der Waals surface area (Å²) in [6.45, 7) is 0. The molecule has 0 fully saturated rings. The van der Waals surface area contributed by atoms with Crippen LogP contribution in [0.5, 0.6) is 0 Å². The molecule has 0 bridgehead atoms. The molecule has 2 N–H and O–H groups in total. The van der Waals surface area contributed by atoms with Crippen molar-refractivity contribution in [2.24, 2.45) is 0 Å². The van der Waals surface area contributed by atoms with Gasteiger partial charge in [-0.05, 0) is 29.0 Å². The van der Waals surface area contributed by atoms with Crippen molar-refractivity contribution < 1.29 is 4.42 Å². The van der Waals surface area contributed by atoms with Crippen molar-refractivity contribution in [1.29, 1.82) is 0 Å². The van der Waals surface area contributed by atoms with Crippen LogP contribution >= 0.6 is 11.6 Å². The Labute approximate surface area is 136 Å². The molecule has 4 aromatic rings. The predicted molar refractivity (Wildman–Crippen MR) is 94.8 cm³/mol. The van der Waals surface area contributed by atoms with Gasteiger partial charge in [0.25, 0.3) is 0 Å². The number of halogens is 1. The molecule has 1 heterocycles. The molecule has 4 heteroatoms. The first-order chi connectivity index (χ1) is 11.1. The standard InChI is InChI=1S/C19H12ClNO2/c20-15-8-4-3-7-13(15)17-18(22)14-9-11-5-1-2-6-12(11)10-16(14)23-19(17)21/h1-10H,21H2. The predicted octanol–water partition coefficient (Wildman–Crippen LogP) is 4.85. The van der Waals surface area contributed by atoms with Gasteiger partial charge in [-0.15, -0.1) is 0 Å². The number of hydrogen-bond acceptors (Lipinski definition) is 3. The van der Waals surface area contributed by atoms with E-state index in [0.717, 1.165) is 10.8 Å². The minimum atomic E-state index is -0.178. The summed E-state index contributed by atoms with van der Waals surface area (Å²) in [5.74, 6) is 0.0749. The first-order valence-corrected chi connectivity index (χ1v) is 7.53. The lowest BCUT2D eigenvalue weighted by atomic mass is 10.0. The first kappa shape index (κ1) is 13.9. The van der Waals surface area contributed by atoms with Gasteiger partial charge in [0.15, 0.2) is 0 Å². The summed E-state index contributed by atoms with van der Waals surface area (Å²) in [5.41, 5.74) is 7.19. The lowest BCUT2D eigenvalue weighted by molar-refractivity contribution is 0.627. The third kappa shape index (κ3) is 2.17. The van der Waals surface area contributed by atoms with Crippen LogP contribution in [-0.2, 0) is 0 Å². The summed E-state index contributed by atoms with van der Waals surface area (Å²) in [7, 11) is 0. The molecule has 0 aliphatic carbocycles. The molecule has 0 spiro atoms. The lowest BCUT2D eigenvalue weighted by Gasteiger charge is -2.09. The van der Waals surface area contributed by atoms with Crippen LogP contribution in [0.2, 0.25) is 5.02 Å². The van der Waals surface area contributed by atoms with Gasteiger partial charge in [-0.2, -0.15) is 0 Å². The molecule has 0 aliphatic rings. The van der Waals surface area contributed by atoms with Crippen molar-refractivity contribution in [2.45, 2.75) is 0 Å². The van der Waals surface area contributed by atoms with Crippen LogP contribution in [-0.4, -0.2) is 0 Å². The zero-order chi connectivity index (χ0) is 16.0. The molecule has 23 heavy (non-hydrogen) atoms. The Hall–Kier alpha value is -2.78. The third-order valence-corrected chi connectivity index (χ3v) is 4.26. The molecular formula is C19H12ClNO2. The van der Waals surface area contributed by atoms with Gasteiger partial charge in [0.2, 0.25) is 11.3 Å². The van der Waals surface area contributed by atoms with Crippen LogP contribution in [0, 0.1) is 0 Å². The number of anilines is 1. The van der Waals surface area contributed by atoms with Gasteiger partial charge < -0.3 is 10.2 Å². The van der Waals surface area contributed by atoms with Crippen molar-refractivity contribution in [2.75, 3.05) is 5.73 Å². The summed E-state index contributed by atoms with van der Waals surface area (Å²) < 4.78 is 5.71. The van der Waals surface area contributed by atoms with E-state index in [4.69, 9.17) is 21.8 Å². The van der Waals surface area contributed by atoms with Crippen molar-refractivity contribution in [3.63, 3.8) is 0 Å². The average molecular weight is 322 g/mol. The number of nitrogens with two attached hydrogens (primary N) is 1. The van der Waals surface area contributed by atoms with Crippen molar-refractivity contribution >= 4 is 39.2 Å². The quantitative estimate of drug-likeness (QED) is 0.510. The van der Waals surface area contributed by atoms with Crippen LogP contribution in [0.1, 0.15) is 0 Å². The second kappa shape index (κ2) is 5.14. The molecule has 1 aromatic heterocycles. The van der Waals surface area contributed by atoms with Crippen LogP contribution in [0.15, 0.2) is 69.9 Å². The smallest absolute Gasteiger partial charge is 0.202 e. The van der Waals surface area contributed by atoms with Gasteiger partial charge in [-0.25, -0.2) is 0 Å². The molecule has 0 aliphatic heterocycles. The normalized spacial score (nSPS) is 11.2. The maximum atomic E-state index is 12.9. The molecule has 0 atom stereocenters. The van der Waals surface area contributed by atoms with Gasteiger partial charge in [0.1, 0.15) is 5.58 Å². The van der Waals surface area contributed by atoms with Crippen molar-refractivity contribution in [3.05, 3.63) is 75.9 Å². The summed E-state index contributed by atoms with van der Waals surface area (Å²) in [4.78, 5) is 12.9. The third-order valence-electron chi connectivity index (χ3n) is 3.93. The van der Waals surface area contributed by atoms with Gasteiger partial charge in [0, 0.05) is 10.6 Å². The highest BCUT2D eigenvalue weighted by Crippen LogP contribution is 2.32. The van der Waals surface area contributed by atoms with E-state index in [1.165, 1.54) is 0 Å². The van der Waals surface area contributed by atoms with Gasteiger partial charge in [0.05, 0.1) is 10.9 Å². The highest BCUT2D eigenvalue weighted by molar-refractivity contribution is 6.33. The number of nitrogen functional groups attached to an aromatic ring is 1. The highest BCUT2D eigenvalue weighted by Gasteiger charge is 2.16. The second-order valence-corrected chi connectivity index (χ2v) is 5.75. The summed E-state index contributed by atoms with van der Waals surface area (Å²) in [6, 6.07) is 18.6. The van der Waals surface area contributed by atoms with Crippen molar-refractivity contribution in [3.8, 4) is 11.1 Å². The second-order valence-electron chi connectivity index (χ2n) is 5.35. The minimum Gasteiger partial charge on any atom is -0.440 e. The SMILES string of the molecule is Nc1oc2cc3ccccc3cc2c(=O)c1-c1ccccc1Cl. The van der Waals surface area contributed by atoms with Crippen molar-refractivity contribution in [1.82, 2.24) is 0 Å². The fourth-order valence-electron chi connectivity index (χ4n) is 2.82. The summed E-state index contributed by atoms with van der Waals surface area (Å²) >= 11 is 6.21. The van der Waals surface area contributed by atoms with E-state index in [-0.39, 0.29) is 11.3 Å². The zero-order valence-corrected chi connectivity index (χ0v) is 12.8. The number of benzene rings is 3. The fourth-order valence-corrected chi connectivity index (χ4v) is 3.05. The molecule has 3 aromatic carbocycles. The van der Waals surface area contributed by atoms with Crippen LogP contribution in [0.3, 0.4) is 0 Å². The maximum absolute atomic E-state index is 12.9. The van der Waals surface area contributed by atoms with E-state index in [1.807, 2.05) is 42.5 Å². The van der Waals surface area contributed by atoms with E-state index in [9.17, 15) is 4.79 Å². The largest absolute Gasteiger partial charge is 0.440 e. The molecule has 0 unspecified atom stereocenters. The fraction of sp³-hybridized carbons (Fsp3) is 0. The zero-order valence-electron chi connectivity index (χ0n) is 12.0. The number of fused-ring (bicyclic) bond motifs is 2. The van der Waals surface area contributed by atoms with Crippen LogP contribution in [0.4, 0.5) is 5.88 Å². The monoisotopic (exact) mass is 321 g/mol. The lowest BCUT2D eigenvalue weighted by Crippen LogP contribution is -2.09. The molecule has 0 saturated heterocycles. The van der Waals surface area contributed by atoms with E-state index >= 15 is 0 Å². The Balaban J connectivity index is 2.13. The van der Waals surface area contributed by atoms with E-state index < -0.39 is 0 Å². The maximum Gasteiger partial charge on any atom is 0.202 e. The molecule has 0 saturated carbocycles. The minimum absolute atomic E-state index is 0.0749. The molecule has 0 radical (unpaired) electrons. The number of hydrogen-bond donors (Lipinski definition) is 1. The Morgan fingerprint density at radius 2 is 1.57 bits per heavy atom. The first-order valence-electron chi connectivity index (χ1n) is 7.15. The Bertz CT molecular complexity index is 1120. The van der Waals surface area contributed by atoms with E-state index in [1.54, 1.807) is 18.2 Å². The Morgan fingerprint density at radius 1 is 0.913 bits per heavy atom. The van der Waals surface area contributed by atoms with Gasteiger partial charge in [-0.3, -0.25) is 4.79 Å². The van der Waals surface area contributed by atoms with Crippen LogP contribution in [0.25, 0.3) is 32.9 Å². The molecule has 3 nitrogen and oxygen atoms in total. The molecule has 112 valence electrons. The molecule has 4 rings (SSSR count). The summed E-state index contributed by atoms with van der Waals surface area (Å²) in [5, 5.41) is 2.93. The molecule has 0 amide bonds. The van der Waals surface area contributed by atoms with E-state index in [0.29, 0.717) is 27.1 Å². The number of rotatable bonds is 1. The highest BCUT2D eigenvalue weighted by atomic mass is 35.5. The topological polar surface area (TPSA) is 56.2 Å². The summed E-state index contributed by atoms with van der Waals surface area (Å²) in [6.07, 6.45) is 0. The Kier molecular flexibility index (Phi) is 3.10. The van der Waals surface area contributed by atoms with Crippen LogP contribution < -0.4 is 11.2 Å².